The van der Waals surface area contributed by atoms with Crippen molar-refractivity contribution in [3.63, 3.8) is 0 Å². The summed E-state index contributed by atoms with van der Waals surface area (Å²) in [5.74, 6) is 0. The number of nitrogens with zero attached hydrogens (tertiary/aromatic N) is 3. The fourth-order valence-corrected chi connectivity index (χ4v) is 3.12. The minimum absolute atomic E-state index is 0.477. The fraction of sp³-hybridized carbons (Fsp3) is 1.00. The molecule has 1 heterocycles. The van der Waals surface area contributed by atoms with Crippen molar-refractivity contribution in [3.05, 3.63) is 0 Å². The van der Waals surface area contributed by atoms with Gasteiger partial charge in [-0.2, -0.15) is 0 Å². The average molecular weight is 248 g/mol. The van der Waals surface area contributed by atoms with Crippen molar-refractivity contribution in [2.24, 2.45) is 0 Å². The lowest BCUT2D eigenvalue weighted by Crippen LogP contribution is -2.75. The van der Waals surface area contributed by atoms with Crippen LogP contribution >= 0.6 is 0 Å². The van der Waals surface area contributed by atoms with Gasteiger partial charge in [-0.05, 0) is 24.4 Å². The van der Waals surface area contributed by atoms with Crippen LogP contribution in [0.1, 0.15) is 48.5 Å². The largest absolute Gasteiger partial charge is 0.359 e. The standard InChI is InChI=1S/C12H29B3N3/c1-9-15-17(11(4)5)13-16(10(2)3)14(8)18(15)12(6)7/h10-12H,9H2,1-8H3. The third-order valence-electron chi connectivity index (χ3n) is 3.97. The molecule has 0 bridgehead atoms. The highest BCUT2D eigenvalue weighted by atomic mass is 15.3. The van der Waals surface area contributed by atoms with Gasteiger partial charge in [-0.25, -0.2) is 0 Å². The van der Waals surface area contributed by atoms with Gasteiger partial charge in [0.1, 0.15) is 0 Å². The summed E-state index contributed by atoms with van der Waals surface area (Å²) in [6.45, 7) is 19.4. The van der Waals surface area contributed by atoms with Crippen molar-refractivity contribution in [3.8, 4) is 0 Å². The molecule has 0 saturated carbocycles. The van der Waals surface area contributed by atoms with E-state index in [0.29, 0.717) is 32.1 Å². The van der Waals surface area contributed by atoms with Crippen molar-refractivity contribution in [1.82, 2.24) is 14.2 Å². The Hall–Kier alpha value is 0.0748. The molecule has 1 saturated heterocycles. The minimum atomic E-state index is 0.477. The minimum Gasteiger partial charge on any atom is -0.359 e. The normalized spacial score (nSPS) is 20.4. The van der Waals surface area contributed by atoms with Crippen molar-refractivity contribution in [2.75, 3.05) is 0 Å². The van der Waals surface area contributed by atoms with Gasteiger partial charge >= 0.3 is 0 Å². The van der Waals surface area contributed by atoms with Gasteiger partial charge in [-0.1, -0.05) is 55.3 Å². The van der Waals surface area contributed by atoms with Gasteiger partial charge in [0.15, 0.2) is 0 Å². The number of hydrogen-bond donors (Lipinski definition) is 0. The van der Waals surface area contributed by atoms with Crippen molar-refractivity contribution < 1.29 is 0 Å². The van der Waals surface area contributed by atoms with Crippen molar-refractivity contribution >= 4 is 21.5 Å². The molecule has 0 aromatic rings. The second kappa shape index (κ2) is 6.49. The predicted octanol–water partition coefficient (Wildman–Crippen LogP) is 2.29. The molecule has 18 heavy (non-hydrogen) atoms. The molecule has 6 heteroatoms. The van der Waals surface area contributed by atoms with Gasteiger partial charge in [-0.3, -0.25) is 0 Å². The molecule has 1 radical (unpaired) electrons. The van der Waals surface area contributed by atoms with E-state index in [9.17, 15) is 0 Å². The molecule has 101 valence electrons. The Labute approximate surface area is 116 Å². The van der Waals surface area contributed by atoms with E-state index in [1.165, 1.54) is 6.32 Å². The van der Waals surface area contributed by atoms with Gasteiger partial charge in [0, 0.05) is 0 Å². The van der Waals surface area contributed by atoms with Crippen LogP contribution in [0.25, 0.3) is 0 Å². The highest BCUT2D eigenvalue weighted by molar-refractivity contribution is 6.80. The van der Waals surface area contributed by atoms with E-state index in [2.05, 4.69) is 77.0 Å². The van der Waals surface area contributed by atoms with Crippen LogP contribution in [-0.4, -0.2) is 53.8 Å². The first-order valence-corrected chi connectivity index (χ1v) is 7.48. The summed E-state index contributed by atoms with van der Waals surface area (Å²) in [5.41, 5.74) is 0. The highest BCUT2D eigenvalue weighted by Gasteiger charge is 2.45. The van der Waals surface area contributed by atoms with Gasteiger partial charge in [0.2, 0.25) is 0 Å². The number of rotatable bonds is 4. The second-order valence-corrected chi connectivity index (χ2v) is 6.26. The SMILES string of the molecule is CCB1N(C(C)C)[B]N(C(C)C)B(C)N1C(C)C. The quantitative estimate of drug-likeness (QED) is 0.706. The van der Waals surface area contributed by atoms with Crippen LogP contribution in [0, 0.1) is 0 Å². The van der Waals surface area contributed by atoms with Crippen LogP contribution in [0.3, 0.4) is 0 Å². The topological polar surface area (TPSA) is 9.72 Å². The van der Waals surface area contributed by atoms with Crippen molar-refractivity contribution in [2.45, 2.75) is 79.7 Å². The molecule has 0 atom stereocenters. The lowest BCUT2D eigenvalue weighted by Gasteiger charge is -2.53. The van der Waals surface area contributed by atoms with Crippen LogP contribution in [0.2, 0.25) is 13.1 Å². The van der Waals surface area contributed by atoms with Crippen LogP contribution in [-0.2, 0) is 0 Å². The predicted molar refractivity (Wildman–Crippen MR) is 84.5 cm³/mol. The third kappa shape index (κ3) is 3.15. The van der Waals surface area contributed by atoms with Crippen LogP contribution in [0.5, 0.6) is 0 Å². The van der Waals surface area contributed by atoms with Crippen LogP contribution in [0.15, 0.2) is 0 Å². The van der Waals surface area contributed by atoms with Gasteiger partial charge in [0.25, 0.3) is 21.5 Å². The Morgan fingerprint density at radius 3 is 1.72 bits per heavy atom. The molecule has 1 aliphatic heterocycles. The Morgan fingerprint density at radius 2 is 1.39 bits per heavy atom. The Morgan fingerprint density at radius 1 is 0.889 bits per heavy atom. The first-order valence-electron chi connectivity index (χ1n) is 7.48. The Kier molecular flexibility index (Phi) is 5.82. The molecule has 0 spiro atoms. The zero-order valence-corrected chi connectivity index (χ0v) is 13.5. The monoisotopic (exact) mass is 248 g/mol. The lowest BCUT2D eigenvalue weighted by molar-refractivity contribution is 0.358. The molecule has 0 aromatic heterocycles. The zero-order chi connectivity index (χ0) is 14.0. The first-order chi connectivity index (χ1) is 8.31. The summed E-state index contributed by atoms with van der Waals surface area (Å²) in [6.07, 6.45) is 1.17. The van der Waals surface area contributed by atoms with E-state index in [-0.39, 0.29) is 0 Å². The molecule has 3 nitrogen and oxygen atoms in total. The maximum absolute atomic E-state index is 2.64. The smallest absolute Gasteiger partial charge is 0.291 e. The summed E-state index contributed by atoms with van der Waals surface area (Å²) in [5, 5.41) is 0. The molecule has 1 rings (SSSR count). The van der Waals surface area contributed by atoms with E-state index < -0.39 is 0 Å². The van der Waals surface area contributed by atoms with Crippen LogP contribution < -0.4 is 0 Å². The van der Waals surface area contributed by atoms with Gasteiger partial charge < -0.3 is 14.2 Å². The van der Waals surface area contributed by atoms with Crippen LogP contribution in [0.4, 0.5) is 0 Å². The molecule has 1 aliphatic rings. The van der Waals surface area contributed by atoms with Gasteiger partial charge in [0.05, 0.1) is 0 Å². The first kappa shape index (κ1) is 16.1. The maximum Gasteiger partial charge on any atom is 0.291 e. The summed E-state index contributed by atoms with van der Waals surface area (Å²) >= 11 is 0. The molecule has 0 aromatic carbocycles. The average Bonchev–Trinajstić information content (AvgIpc) is 2.26. The molecule has 1 fully saturated rings. The summed E-state index contributed by atoms with van der Waals surface area (Å²) in [6, 6.07) is 1.66. The summed E-state index contributed by atoms with van der Waals surface area (Å²) in [4.78, 5) is 0. The lowest BCUT2D eigenvalue weighted by atomic mass is 9.47. The molecular weight excluding hydrogens is 219 g/mol. The van der Waals surface area contributed by atoms with E-state index in [4.69, 9.17) is 0 Å². The highest BCUT2D eigenvalue weighted by Crippen LogP contribution is 2.23. The number of hydrogen-bond acceptors (Lipinski definition) is 3. The van der Waals surface area contributed by atoms with E-state index >= 15 is 0 Å². The molecular formula is C12H29B3N3. The van der Waals surface area contributed by atoms with E-state index in [1.807, 2.05) is 0 Å². The van der Waals surface area contributed by atoms with Gasteiger partial charge in [-0.15, -0.1) is 0 Å². The third-order valence-corrected chi connectivity index (χ3v) is 3.97. The zero-order valence-electron chi connectivity index (χ0n) is 13.5. The van der Waals surface area contributed by atoms with E-state index in [1.54, 1.807) is 0 Å². The van der Waals surface area contributed by atoms with Crippen molar-refractivity contribution in [1.29, 1.82) is 0 Å². The molecule has 0 N–H and O–H groups in total. The molecule has 0 unspecified atom stereocenters. The molecule has 0 aliphatic carbocycles. The summed E-state index contributed by atoms with van der Waals surface area (Å²) in [7, 11) is 2.35. The van der Waals surface area contributed by atoms with E-state index in [0.717, 1.165) is 0 Å². The Bertz CT molecular complexity index is 261. The summed E-state index contributed by atoms with van der Waals surface area (Å²) < 4.78 is 7.63. The molecule has 0 amide bonds. The fourth-order valence-electron chi connectivity index (χ4n) is 3.12. The Balaban J connectivity index is 3.02. The second-order valence-electron chi connectivity index (χ2n) is 6.26. The maximum atomic E-state index is 2.64.